The Balaban J connectivity index is 3.22. The van der Waals surface area contributed by atoms with E-state index in [9.17, 15) is 4.79 Å². The molecular weight excluding hydrogens is 307 g/mol. The third-order valence-corrected chi connectivity index (χ3v) is 4.72. The van der Waals surface area contributed by atoms with Crippen LogP contribution in [-0.4, -0.2) is 19.9 Å². The Labute approximate surface area is 159 Å². The number of ether oxygens (including phenoxy) is 1. The fourth-order valence-electron chi connectivity index (χ4n) is 3.23. The minimum Gasteiger partial charge on any atom is -0.463 e. The fourth-order valence-corrected chi connectivity index (χ4v) is 3.23. The Morgan fingerprint density at radius 3 is 1.56 bits per heavy atom. The van der Waals surface area contributed by atoms with Crippen LogP contribution in [0.2, 0.25) is 5.82 Å². The zero-order chi connectivity index (χ0) is 18.8. The first-order valence-corrected chi connectivity index (χ1v) is 11.0. The number of carbonyl (C=O) groups is 1. The van der Waals surface area contributed by atoms with Gasteiger partial charge in [0.25, 0.3) is 0 Å². The molecule has 0 aromatic heterocycles. The number of esters is 1. The average Bonchev–Trinajstić information content (AvgIpc) is 2.54. The van der Waals surface area contributed by atoms with Crippen LogP contribution >= 0.6 is 0 Å². The molecule has 0 N–H and O–H groups in total. The van der Waals surface area contributed by atoms with E-state index in [1.165, 1.54) is 83.5 Å². The van der Waals surface area contributed by atoms with E-state index in [2.05, 4.69) is 6.92 Å². The van der Waals surface area contributed by atoms with Gasteiger partial charge in [-0.15, -0.1) is 0 Å². The molecule has 1 atom stereocenters. The predicted octanol–water partition coefficient (Wildman–Crippen LogP) is 7.16. The van der Waals surface area contributed by atoms with Crippen LogP contribution in [0, 0.1) is 0 Å². The standard InChI is InChI=1S/C22H43BO2/c1-4-5-6-7-8-9-10-11-12-13-14-15-16-17-18-21(23)19-22(24)25-20(2)3/h20-21H,4-19H2,1-3H3. The second-order valence-corrected chi connectivity index (χ2v) is 7.89. The molecule has 25 heavy (non-hydrogen) atoms. The van der Waals surface area contributed by atoms with Gasteiger partial charge in [-0.2, -0.15) is 0 Å². The Bertz CT molecular complexity index is 292. The smallest absolute Gasteiger partial charge is 0.305 e. The van der Waals surface area contributed by atoms with E-state index < -0.39 is 0 Å². The van der Waals surface area contributed by atoms with Gasteiger partial charge in [0, 0.05) is 6.42 Å². The zero-order valence-corrected chi connectivity index (χ0v) is 17.4. The van der Waals surface area contributed by atoms with E-state index in [-0.39, 0.29) is 17.9 Å². The van der Waals surface area contributed by atoms with E-state index >= 15 is 0 Å². The van der Waals surface area contributed by atoms with Gasteiger partial charge in [0.1, 0.15) is 0 Å². The van der Waals surface area contributed by atoms with Crippen molar-refractivity contribution in [2.24, 2.45) is 0 Å². The second kappa shape index (κ2) is 18.3. The number of hydrogen-bond donors (Lipinski definition) is 0. The van der Waals surface area contributed by atoms with Crippen LogP contribution in [0.4, 0.5) is 0 Å². The quantitative estimate of drug-likeness (QED) is 0.149. The molecule has 0 bridgehead atoms. The van der Waals surface area contributed by atoms with Crippen molar-refractivity contribution in [3.05, 3.63) is 0 Å². The highest BCUT2D eigenvalue weighted by Crippen LogP contribution is 2.18. The molecule has 2 radical (unpaired) electrons. The molecule has 0 fully saturated rings. The molecule has 1 unspecified atom stereocenters. The Hall–Kier alpha value is -0.465. The van der Waals surface area contributed by atoms with Gasteiger partial charge in [0.05, 0.1) is 14.0 Å². The van der Waals surface area contributed by atoms with Crippen LogP contribution in [0.25, 0.3) is 0 Å². The monoisotopic (exact) mass is 350 g/mol. The zero-order valence-electron chi connectivity index (χ0n) is 17.4. The highest BCUT2D eigenvalue weighted by Gasteiger charge is 2.10. The first-order valence-electron chi connectivity index (χ1n) is 11.0. The maximum Gasteiger partial charge on any atom is 0.305 e. The van der Waals surface area contributed by atoms with Gasteiger partial charge in [-0.3, -0.25) is 4.79 Å². The maximum absolute atomic E-state index is 11.5. The Morgan fingerprint density at radius 2 is 1.16 bits per heavy atom. The molecular formula is C22H43BO2. The van der Waals surface area contributed by atoms with Crippen molar-refractivity contribution in [3.8, 4) is 0 Å². The van der Waals surface area contributed by atoms with Crippen molar-refractivity contribution < 1.29 is 9.53 Å². The predicted molar refractivity (Wildman–Crippen MR) is 110 cm³/mol. The number of unbranched alkanes of at least 4 members (excludes halogenated alkanes) is 13. The van der Waals surface area contributed by atoms with E-state index in [4.69, 9.17) is 12.6 Å². The Kier molecular flexibility index (Phi) is 18.0. The normalized spacial score (nSPS) is 12.5. The molecule has 0 rings (SSSR count). The molecule has 0 aromatic rings. The largest absolute Gasteiger partial charge is 0.463 e. The number of hydrogen-bond acceptors (Lipinski definition) is 2. The lowest BCUT2D eigenvalue weighted by molar-refractivity contribution is -0.147. The lowest BCUT2D eigenvalue weighted by Gasteiger charge is -2.13. The summed E-state index contributed by atoms with van der Waals surface area (Å²) in [6.45, 7) is 6.02. The summed E-state index contributed by atoms with van der Waals surface area (Å²) in [6, 6.07) is 0. The summed E-state index contributed by atoms with van der Waals surface area (Å²) >= 11 is 0. The van der Waals surface area contributed by atoms with E-state index in [1.807, 2.05) is 13.8 Å². The molecule has 0 aliphatic heterocycles. The lowest BCUT2D eigenvalue weighted by atomic mass is 9.80. The molecule has 0 aromatic carbocycles. The average molecular weight is 350 g/mol. The fraction of sp³-hybridized carbons (Fsp3) is 0.955. The molecule has 0 saturated heterocycles. The molecule has 3 heteroatoms. The highest BCUT2D eigenvalue weighted by atomic mass is 16.5. The number of rotatable bonds is 18. The minimum absolute atomic E-state index is 0.0384. The summed E-state index contributed by atoms with van der Waals surface area (Å²) in [5.74, 6) is -0.198. The summed E-state index contributed by atoms with van der Waals surface area (Å²) in [6.07, 6.45) is 20.4. The van der Waals surface area contributed by atoms with Crippen molar-refractivity contribution in [1.29, 1.82) is 0 Å². The number of carbonyl (C=O) groups excluding carboxylic acids is 1. The van der Waals surface area contributed by atoms with Gasteiger partial charge in [-0.05, 0) is 13.8 Å². The van der Waals surface area contributed by atoms with Crippen molar-refractivity contribution in [2.45, 2.75) is 135 Å². The summed E-state index contributed by atoms with van der Waals surface area (Å²) < 4.78 is 5.13. The van der Waals surface area contributed by atoms with Crippen molar-refractivity contribution in [3.63, 3.8) is 0 Å². The van der Waals surface area contributed by atoms with Crippen molar-refractivity contribution in [1.82, 2.24) is 0 Å². The third-order valence-electron chi connectivity index (χ3n) is 4.72. The van der Waals surface area contributed by atoms with Crippen LogP contribution < -0.4 is 0 Å². The van der Waals surface area contributed by atoms with Crippen LogP contribution in [-0.2, 0) is 9.53 Å². The molecule has 2 nitrogen and oxygen atoms in total. The summed E-state index contributed by atoms with van der Waals surface area (Å²) in [7, 11) is 6.00. The summed E-state index contributed by atoms with van der Waals surface area (Å²) in [4.78, 5) is 11.5. The van der Waals surface area contributed by atoms with Crippen molar-refractivity contribution >= 4 is 13.8 Å². The SMILES string of the molecule is [B]C(CCCCCCCCCCCCCCCC)CC(=O)OC(C)C. The molecule has 0 amide bonds. The lowest BCUT2D eigenvalue weighted by Crippen LogP contribution is -2.13. The Morgan fingerprint density at radius 1 is 0.760 bits per heavy atom. The topological polar surface area (TPSA) is 26.3 Å². The molecule has 0 spiro atoms. The highest BCUT2D eigenvalue weighted by molar-refractivity contribution is 6.12. The summed E-state index contributed by atoms with van der Waals surface area (Å²) in [5.41, 5.74) is 0. The van der Waals surface area contributed by atoms with E-state index in [0.717, 1.165) is 12.8 Å². The molecule has 0 heterocycles. The van der Waals surface area contributed by atoms with E-state index in [1.54, 1.807) is 0 Å². The van der Waals surface area contributed by atoms with Crippen LogP contribution in [0.3, 0.4) is 0 Å². The molecule has 146 valence electrons. The summed E-state index contributed by atoms with van der Waals surface area (Å²) in [5, 5.41) is 0. The van der Waals surface area contributed by atoms with Gasteiger partial charge >= 0.3 is 5.97 Å². The van der Waals surface area contributed by atoms with E-state index in [0.29, 0.717) is 6.42 Å². The molecule has 0 saturated carbocycles. The van der Waals surface area contributed by atoms with Gasteiger partial charge in [0.2, 0.25) is 0 Å². The first kappa shape index (κ1) is 24.5. The third kappa shape index (κ3) is 19.7. The van der Waals surface area contributed by atoms with Crippen LogP contribution in [0.1, 0.15) is 124 Å². The van der Waals surface area contributed by atoms with Crippen LogP contribution in [0.5, 0.6) is 0 Å². The molecule has 0 aliphatic rings. The minimum atomic E-state index is -0.159. The van der Waals surface area contributed by atoms with Gasteiger partial charge in [0.15, 0.2) is 0 Å². The van der Waals surface area contributed by atoms with Gasteiger partial charge < -0.3 is 4.74 Å². The molecule has 0 aliphatic carbocycles. The van der Waals surface area contributed by atoms with Crippen LogP contribution in [0.15, 0.2) is 0 Å². The second-order valence-electron chi connectivity index (χ2n) is 7.89. The van der Waals surface area contributed by atoms with Gasteiger partial charge in [-0.1, -0.05) is 109 Å². The van der Waals surface area contributed by atoms with Crippen molar-refractivity contribution in [2.75, 3.05) is 0 Å². The van der Waals surface area contributed by atoms with Gasteiger partial charge in [-0.25, -0.2) is 0 Å². The first-order chi connectivity index (χ1) is 12.1. The maximum atomic E-state index is 11.5.